The average Bonchev–Trinajstić information content (AvgIpc) is 2.87. The van der Waals surface area contributed by atoms with Gasteiger partial charge in [0, 0.05) is 11.6 Å². The summed E-state index contributed by atoms with van der Waals surface area (Å²) < 4.78 is 1.94. The lowest BCUT2D eigenvalue weighted by Gasteiger charge is -2.11. The van der Waals surface area contributed by atoms with Crippen LogP contribution in [0.25, 0.3) is 0 Å². The van der Waals surface area contributed by atoms with Crippen molar-refractivity contribution < 1.29 is 0 Å². The number of hydrogen-bond donors (Lipinski definition) is 0. The molecule has 2 heterocycles. The van der Waals surface area contributed by atoms with Crippen LogP contribution in [0.4, 0.5) is 0 Å². The summed E-state index contributed by atoms with van der Waals surface area (Å²) in [6, 6.07) is 0.152. The van der Waals surface area contributed by atoms with Crippen molar-refractivity contribution in [3.8, 4) is 0 Å². The van der Waals surface area contributed by atoms with Gasteiger partial charge in [-0.1, -0.05) is 0 Å². The van der Waals surface area contributed by atoms with Gasteiger partial charge in [-0.3, -0.25) is 0 Å². The molecule has 0 aliphatic heterocycles. The molecule has 0 radical (unpaired) electrons. The predicted octanol–water partition coefficient (Wildman–Crippen LogP) is 2.08. The Hall–Kier alpha value is -0.940. The summed E-state index contributed by atoms with van der Waals surface area (Å²) >= 11 is 7.36. The van der Waals surface area contributed by atoms with Gasteiger partial charge in [-0.15, -0.1) is 33.1 Å². The molecule has 2 rings (SSSR count). The molecule has 74 valence electrons. The van der Waals surface area contributed by atoms with Crippen LogP contribution in [0.15, 0.2) is 17.9 Å². The van der Waals surface area contributed by atoms with E-state index in [-0.39, 0.29) is 6.04 Å². The fourth-order valence-corrected chi connectivity index (χ4v) is 2.13. The van der Waals surface area contributed by atoms with E-state index in [1.54, 1.807) is 23.9 Å². The van der Waals surface area contributed by atoms with Gasteiger partial charge in [-0.25, -0.2) is 4.98 Å². The molecule has 0 bridgehead atoms. The van der Waals surface area contributed by atoms with Crippen molar-refractivity contribution in [1.82, 2.24) is 19.7 Å². The summed E-state index contributed by atoms with van der Waals surface area (Å²) in [4.78, 5) is 4.25. The van der Waals surface area contributed by atoms with E-state index in [0.29, 0.717) is 5.88 Å². The molecule has 0 spiro atoms. The van der Waals surface area contributed by atoms with E-state index in [4.69, 9.17) is 11.6 Å². The van der Waals surface area contributed by atoms with Gasteiger partial charge in [-0.2, -0.15) is 0 Å². The second-order valence-corrected chi connectivity index (χ2v) is 4.03. The Labute approximate surface area is 90.6 Å². The van der Waals surface area contributed by atoms with Gasteiger partial charge in [0.2, 0.25) is 0 Å². The molecular weight excluding hydrogens is 220 g/mol. The standard InChI is InChI=1S/C8H9ClN4S/c1-6(8-10-2-3-14-8)13-5-11-12-7(13)4-9/h2-3,5-6H,4H2,1H3. The van der Waals surface area contributed by atoms with Crippen LogP contribution in [-0.4, -0.2) is 19.7 Å². The molecule has 1 unspecified atom stereocenters. The third-order valence-corrected chi connectivity index (χ3v) is 3.18. The highest BCUT2D eigenvalue weighted by molar-refractivity contribution is 7.09. The highest BCUT2D eigenvalue weighted by atomic mass is 35.5. The minimum atomic E-state index is 0.152. The minimum absolute atomic E-state index is 0.152. The SMILES string of the molecule is CC(c1nccs1)n1cnnc1CCl. The van der Waals surface area contributed by atoms with Gasteiger partial charge in [0.05, 0.1) is 11.9 Å². The van der Waals surface area contributed by atoms with Crippen LogP contribution in [0.3, 0.4) is 0 Å². The van der Waals surface area contributed by atoms with Crippen molar-refractivity contribution in [1.29, 1.82) is 0 Å². The third-order valence-electron chi connectivity index (χ3n) is 1.99. The van der Waals surface area contributed by atoms with Crippen LogP contribution < -0.4 is 0 Å². The van der Waals surface area contributed by atoms with Crippen LogP contribution in [0.1, 0.15) is 23.8 Å². The Morgan fingerprint density at radius 3 is 3.14 bits per heavy atom. The molecular formula is C8H9ClN4S. The molecule has 0 saturated carbocycles. The number of thiazole rings is 1. The van der Waals surface area contributed by atoms with Crippen molar-refractivity contribution in [2.24, 2.45) is 0 Å². The van der Waals surface area contributed by atoms with E-state index in [9.17, 15) is 0 Å². The first-order valence-corrected chi connectivity index (χ1v) is 5.58. The van der Waals surface area contributed by atoms with E-state index in [2.05, 4.69) is 22.1 Å². The largest absolute Gasteiger partial charge is 0.307 e. The average molecular weight is 229 g/mol. The van der Waals surface area contributed by atoms with Gasteiger partial charge in [-0.05, 0) is 6.92 Å². The van der Waals surface area contributed by atoms with E-state index in [1.165, 1.54) is 0 Å². The number of rotatable bonds is 3. The topological polar surface area (TPSA) is 43.6 Å². The van der Waals surface area contributed by atoms with Crippen LogP contribution in [0.5, 0.6) is 0 Å². The first-order valence-electron chi connectivity index (χ1n) is 4.16. The zero-order valence-electron chi connectivity index (χ0n) is 7.59. The molecule has 0 aliphatic rings. The smallest absolute Gasteiger partial charge is 0.148 e. The van der Waals surface area contributed by atoms with Crippen molar-refractivity contribution in [3.05, 3.63) is 28.7 Å². The van der Waals surface area contributed by atoms with Gasteiger partial charge in [0.15, 0.2) is 0 Å². The summed E-state index contributed by atoms with van der Waals surface area (Å²) in [6.07, 6.45) is 3.48. The molecule has 6 heteroatoms. The van der Waals surface area contributed by atoms with Crippen molar-refractivity contribution in [2.75, 3.05) is 0 Å². The van der Waals surface area contributed by atoms with Gasteiger partial charge < -0.3 is 4.57 Å². The van der Waals surface area contributed by atoms with Crippen LogP contribution in [0.2, 0.25) is 0 Å². The summed E-state index contributed by atoms with van der Waals surface area (Å²) in [7, 11) is 0. The van der Waals surface area contributed by atoms with Crippen LogP contribution >= 0.6 is 22.9 Å². The van der Waals surface area contributed by atoms with E-state index in [1.807, 2.05) is 9.95 Å². The maximum absolute atomic E-state index is 5.74. The maximum atomic E-state index is 5.74. The second kappa shape index (κ2) is 4.06. The molecule has 2 aromatic rings. The molecule has 1 atom stereocenters. The first kappa shape index (κ1) is 9.61. The second-order valence-electron chi connectivity index (χ2n) is 2.83. The molecule has 0 amide bonds. The lowest BCUT2D eigenvalue weighted by atomic mass is 10.3. The molecule has 4 nitrogen and oxygen atoms in total. The number of halogens is 1. The van der Waals surface area contributed by atoms with Crippen molar-refractivity contribution in [3.63, 3.8) is 0 Å². The summed E-state index contributed by atoms with van der Waals surface area (Å²) in [5, 5.41) is 10.7. The Bertz CT molecular complexity index is 397. The Morgan fingerprint density at radius 1 is 1.64 bits per heavy atom. The Morgan fingerprint density at radius 2 is 2.50 bits per heavy atom. The Balaban J connectivity index is 2.31. The number of aromatic nitrogens is 4. The minimum Gasteiger partial charge on any atom is -0.307 e. The molecule has 14 heavy (non-hydrogen) atoms. The van der Waals surface area contributed by atoms with Gasteiger partial charge >= 0.3 is 0 Å². The predicted molar refractivity (Wildman–Crippen MR) is 55.5 cm³/mol. The zero-order chi connectivity index (χ0) is 9.97. The fourth-order valence-electron chi connectivity index (χ4n) is 1.25. The van der Waals surface area contributed by atoms with Gasteiger partial charge in [0.25, 0.3) is 0 Å². The van der Waals surface area contributed by atoms with Crippen molar-refractivity contribution >= 4 is 22.9 Å². The third kappa shape index (κ3) is 1.65. The lowest BCUT2D eigenvalue weighted by molar-refractivity contribution is 0.611. The summed E-state index contributed by atoms with van der Waals surface area (Å²) in [5.74, 6) is 1.14. The molecule has 0 saturated heterocycles. The molecule has 0 fully saturated rings. The monoisotopic (exact) mass is 228 g/mol. The number of nitrogens with zero attached hydrogens (tertiary/aromatic N) is 4. The first-order chi connectivity index (χ1) is 6.83. The van der Waals surface area contributed by atoms with E-state index in [0.717, 1.165) is 10.8 Å². The normalized spacial score (nSPS) is 13.0. The van der Waals surface area contributed by atoms with Crippen LogP contribution in [0, 0.1) is 0 Å². The highest BCUT2D eigenvalue weighted by Crippen LogP contribution is 2.20. The fraction of sp³-hybridized carbons (Fsp3) is 0.375. The highest BCUT2D eigenvalue weighted by Gasteiger charge is 2.13. The van der Waals surface area contributed by atoms with Crippen LogP contribution in [-0.2, 0) is 5.88 Å². The Kier molecular flexibility index (Phi) is 2.79. The van der Waals surface area contributed by atoms with Gasteiger partial charge in [0.1, 0.15) is 17.2 Å². The summed E-state index contributed by atoms with van der Waals surface area (Å²) in [5.41, 5.74) is 0. The molecule has 0 aliphatic carbocycles. The van der Waals surface area contributed by atoms with Crippen molar-refractivity contribution in [2.45, 2.75) is 18.8 Å². The molecule has 0 N–H and O–H groups in total. The lowest BCUT2D eigenvalue weighted by Crippen LogP contribution is -2.08. The molecule has 2 aromatic heterocycles. The maximum Gasteiger partial charge on any atom is 0.148 e. The quantitative estimate of drug-likeness (QED) is 0.756. The zero-order valence-corrected chi connectivity index (χ0v) is 9.16. The number of hydrogen-bond acceptors (Lipinski definition) is 4. The van der Waals surface area contributed by atoms with E-state index < -0.39 is 0 Å². The van der Waals surface area contributed by atoms with E-state index >= 15 is 0 Å². The summed E-state index contributed by atoms with van der Waals surface area (Å²) in [6.45, 7) is 2.05. The number of alkyl halides is 1. The molecule has 0 aromatic carbocycles.